The summed E-state index contributed by atoms with van der Waals surface area (Å²) in [6.07, 6.45) is 7.87. The van der Waals surface area contributed by atoms with E-state index in [9.17, 15) is 4.79 Å². The highest BCUT2D eigenvalue weighted by atomic mass is 16.6. The van der Waals surface area contributed by atoms with Crippen molar-refractivity contribution in [2.75, 3.05) is 0 Å². The maximum atomic E-state index is 13.0. The van der Waals surface area contributed by atoms with Gasteiger partial charge in [-0.25, -0.2) is 0 Å². The monoisotopic (exact) mass is 302 g/mol. The summed E-state index contributed by atoms with van der Waals surface area (Å²) >= 11 is 0. The highest BCUT2D eigenvalue weighted by molar-refractivity contribution is 5.93. The Morgan fingerprint density at radius 3 is 2.59 bits per heavy atom. The van der Waals surface area contributed by atoms with Crippen LogP contribution in [0.3, 0.4) is 0 Å². The molecule has 1 spiro atoms. The summed E-state index contributed by atoms with van der Waals surface area (Å²) in [6, 6.07) is 0. The maximum absolute atomic E-state index is 13.0. The third-order valence-electron chi connectivity index (χ3n) is 7.52. The van der Waals surface area contributed by atoms with Gasteiger partial charge in [0, 0.05) is 12.3 Å². The summed E-state index contributed by atoms with van der Waals surface area (Å²) in [5.41, 5.74) is 1.23. The van der Waals surface area contributed by atoms with Crippen LogP contribution in [0.25, 0.3) is 0 Å². The van der Waals surface area contributed by atoms with E-state index in [0.29, 0.717) is 35.9 Å². The summed E-state index contributed by atoms with van der Waals surface area (Å²) in [4.78, 5) is 13.0. The molecule has 2 heteroatoms. The quantitative estimate of drug-likeness (QED) is 0.526. The average Bonchev–Trinajstić information content (AvgIpc) is 2.74. The number of carbonyl (C=O) groups is 1. The van der Waals surface area contributed by atoms with Crippen LogP contribution in [0.5, 0.6) is 0 Å². The summed E-state index contributed by atoms with van der Waals surface area (Å²) in [5.74, 6) is 2.53. The molecule has 122 valence electrons. The van der Waals surface area contributed by atoms with E-state index >= 15 is 0 Å². The number of carbonyl (C=O) groups excluding carboxylic acids is 1. The van der Waals surface area contributed by atoms with Gasteiger partial charge in [-0.3, -0.25) is 4.79 Å². The molecular formula is C20H30O2. The van der Waals surface area contributed by atoms with E-state index in [0.717, 1.165) is 12.8 Å². The Morgan fingerprint density at radius 1 is 1.23 bits per heavy atom. The van der Waals surface area contributed by atoms with E-state index in [-0.39, 0.29) is 11.0 Å². The van der Waals surface area contributed by atoms with Gasteiger partial charge >= 0.3 is 0 Å². The number of hydrogen-bond donors (Lipinski definition) is 0. The first-order valence-corrected chi connectivity index (χ1v) is 9.20. The SMILES string of the molecule is CC(C)[C@@H]1CC[C@]2(C)/C1=C\[C@@H](C)CC(=O)[C@]13O[C@@]1(C)CC[C@@H]32. The van der Waals surface area contributed by atoms with E-state index in [4.69, 9.17) is 4.74 Å². The van der Waals surface area contributed by atoms with Crippen LogP contribution < -0.4 is 0 Å². The fraction of sp³-hybridized carbons (Fsp3) is 0.850. The second-order valence-electron chi connectivity index (χ2n) is 9.19. The largest absolute Gasteiger partial charge is 0.354 e. The number of rotatable bonds is 1. The van der Waals surface area contributed by atoms with Crippen molar-refractivity contribution in [3.8, 4) is 0 Å². The molecule has 4 rings (SSSR count). The summed E-state index contributed by atoms with van der Waals surface area (Å²) in [5, 5.41) is 0. The van der Waals surface area contributed by atoms with Crippen LogP contribution in [0.1, 0.15) is 66.7 Å². The Labute approximate surface area is 134 Å². The summed E-state index contributed by atoms with van der Waals surface area (Å²) < 4.78 is 6.22. The molecule has 0 aromatic heterocycles. The molecule has 2 nitrogen and oxygen atoms in total. The second-order valence-corrected chi connectivity index (χ2v) is 9.19. The molecule has 0 radical (unpaired) electrons. The van der Waals surface area contributed by atoms with Crippen molar-refractivity contribution in [3.63, 3.8) is 0 Å². The van der Waals surface area contributed by atoms with Crippen molar-refractivity contribution >= 4 is 5.78 Å². The van der Waals surface area contributed by atoms with Gasteiger partial charge in [0.05, 0.1) is 0 Å². The zero-order valence-corrected chi connectivity index (χ0v) is 14.7. The topological polar surface area (TPSA) is 29.6 Å². The van der Waals surface area contributed by atoms with Crippen LogP contribution >= 0.6 is 0 Å². The van der Waals surface area contributed by atoms with Gasteiger partial charge in [-0.05, 0) is 55.8 Å². The van der Waals surface area contributed by atoms with E-state index in [1.165, 1.54) is 12.8 Å². The van der Waals surface area contributed by atoms with Crippen molar-refractivity contribution < 1.29 is 9.53 Å². The third-order valence-corrected chi connectivity index (χ3v) is 7.52. The predicted octanol–water partition coefficient (Wildman–Crippen LogP) is 4.53. The molecule has 0 amide bonds. The van der Waals surface area contributed by atoms with Crippen LogP contribution in [-0.2, 0) is 9.53 Å². The van der Waals surface area contributed by atoms with Gasteiger partial charge in [-0.1, -0.05) is 39.3 Å². The minimum Gasteiger partial charge on any atom is -0.354 e. The van der Waals surface area contributed by atoms with Crippen molar-refractivity contribution in [1.29, 1.82) is 0 Å². The van der Waals surface area contributed by atoms with Crippen molar-refractivity contribution in [2.45, 2.75) is 77.9 Å². The van der Waals surface area contributed by atoms with Gasteiger partial charge in [0.2, 0.25) is 0 Å². The van der Waals surface area contributed by atoms with Crippen molar-refractivity contribution in [3.05, 3.63) is 11.6 Å². The van der Waals surface area contributed by atoms with Gasteiger partial charge in [0.1, 0.15) is 5.60 Å². The molecule has 1 saturated heterocycles. The van der Waals surface area contributed by atoms with Crippen LogP contribution in [0.2, 0.25) is 0 Å². The van der Waals surface area contributed by atoms with Crippen LogP contribution in [-0.4, -0.2) is 17.0 Å². The first-order chi connectivity index (χ1) is 10.2. The van der Waals surface area contributed by atoms with E-state index in [1.807, 2.05) is 0 Å². The first-order valence-electron chi connectivity index (χ1n) is 9.20. The summed E-state index contributed by atoms with van der Waals surface area (Å²) in [7, 11) is 0. The molecule has 3 fully saturated rings. The average molecular weight is 302 g/mol. The molecule has 3 aliphatic carbocycles. The van der Waals surface area contributed by atoms with Gasteiger partial charge < -0.3 is 4.74 Å². The number of allylic oxidation sites excluding steroid dienone is 2. The van der Waals surface area contributed by atoms with Gasteiger partial charge in [0.15, 0.2) is 11.4 Å². The minimum absolute atomic E-state index is 0.157. The molecule has 0 bridgehead atoms. The fourth-order valence-electron chi connectivity index (χ4n) is 6.31. The fourth-order valence-corrected chi connectivity index (χ4v) is 6.31. The zero-order chi connectivity index (χ0) is 15.9. The number of hydrogen-bond acceptors (Lipinski definition) is 2. The Balaban J connectivity index is 1.84. The number of ketones is 1. The lowest BCUT2D eigenvalue weighted by molar-refractivity contribution is -0.128. The van der Waals surface area contributed by atoms with Crippen molar-refractivity contribution in [1.82, 2.24) is 0 Å². The number of Topliss-reactive ketones (excluding diaryl/α,β-unsaturated/α-hetero) is 1. The van der Waals surface area contributed by atoms with Crippen molar-refractivity contribution in [2.24, 2.45) is 29.1 Å². The maximum Gasteiger partial charge on any atom is 0.168 e. The standard InChI is InChI=1S/C20H30O2/c1-12(2)14-6-8-18(4)15(14)10-13(3)11-17(21)20-16(18)7-9-19(20,5)22-20/h10,12-14,16H,6-9,11H2,1-5H3/b15-10-/t13-,14+,16-,18-,19+,20+/m1/s1. The Hall–Kier alpha value is -0.630. The molecule has 6 atom stereocenters. The van der Waals surface area contributed by atoms with Crippen LogP contribution in [0.15, 0.2) is 11.6 Å². The molecule has 0 unspecified atom stereocenters. The molecule has 0 N–H and O–H groups in total. The molecule has 1 aliphatic heterocycles. The molecule has 0 aromatic rings. The van der Waals surface area contributed by atoms with Gasteiger partial charge in [-0.2, -0.15) is 0 Å². The lowest BCUT2D eigenvalue weighted by Gasteiger charge is -2.41. The van der Waals surface area contributed by atoms with Crippen LogP contribution in [0.4, 0.5) is 0 Å². The normalized spacial score (nSPS) is 55.8. The number of fused-ring (bicyclic) bond motifs is 2. The molecule has 0 aromatic carbocycles. The van der Waals surface area contributed by atoms with Gasteiger partial charge in [-0.15, -0.1) is 0 Å². The highest BCUT2D eigenvalue weighted by Crippen LogP contribution is 2.71. The van der Waals surface area contributed by atoms with Crippen LogP contribution in [0, 0.1) is 29.1 Å². The Morgan fingerprint density at radius 2 is 1.95 bits per heavy atom. The van der Waals surface area contributed by atoms with E-state index in [1.54, 1.807) is 5.57 Å². The number of ether oxygens (including phenoxy) is 1. The van der Waals surface area contributed by atoms with Gasteiger partial charge in [0.25, 0.3) is 0 Å². The molecule has 1 heterocycles. The minimum atomic E-state index is -0.443. The smallest absolute Gasteiger partial charge is 0.168 e. The Kier molecular flexibility index (Phi) is 2.89. The predicted molar refractivity (Wildman–Crippen MR) is 87.5 cm³/mol. The third kappa shape index (κ3) is 1.58. The lowest BCUT2D eigenvalue weighted by Crippen LogP contribution is -2.45. The number of epoxide rings is 1. The molecule has 22 heavy (non-hydrogen) atoms. The lowest BCUT2D eigenvalue weighted by atomic mass is 9.62. The van der Waals surface area contributed by atoms with E-state index < -0.39 is 5.60 Å². The zero-order valence-electron chi connectivity index (χ0n) is 14.7. The molecule has 4 aliphatic rings. The van der Waals surface area contributed by atoms with E-state index in [2.05, 4.69) is 40.7 Å². The summed E-state index contributed by atoms with van der Waals surface area (Å²) in [6.45, 7) is 11.5. The molecule has 2 saturated carbocycles. The first kappa shape index (κ1) is 14.9. The highest BCUT2D eigenvalue weighted by Gasteiger charge is 2.80. The molecular weight excluding hydrogens is 272 g/mol. The second kappa shape index (κ2) is 4.26. The Bertz CT molecular complexity index is 562.